The lowest BCUT2D eigenvalue weighted by Crippen LogP contribution is -2.54. The lowest BCUT2D eigenvalue weighted by molar-refractivity contribution is -0.140. The van der Waals surface area contributed by atoms with Crippen molar-refractivity contribution in [2.45, 2.75) is 75.6 Å². The Labute approximate surface area is 268 Å². The van der Waals surface area contributed by atoms with Crippen LogP contribution in [-0.2, 0) is 32.4 Å². The van der Waals surface area contributed by atoms with Crippen LogP contribution in [0, 0.1) is 17.8 Å². The van der Waals surface area contributed by atoms with Gasteiger partial charge in [-0.25, -0.2) is 4.21 Å². The normalized spacial score (nSPS) is 34.4. The van der Waals surface area contributed by atoms with Crippen LogP contribution in [0.4, 0.5) is 5.69 Å². The molecule has 0 saturated heterocycles. The zero-order valence-corrected chi connectivity index (χ0v) is 27.4. The molecular weight excluding hydrogens is 596 g/mol. The van der Waals surface area contributed by atoms with Crippen LogP contribution in [0.25, 0.3) is 0 Å². The summed E-state index contributed by atoms with van der Waals surface area (Å²) < 4.78 is 28.9. The predicted molar refractivity (Wildman–Crippen MR) is 175 cm³/mol. The van der Waals surface area contributed by atoms with Crippen molar-refractivity contribution in [2.75, 3.05) is 31.2 Å². The van der Waals surface area contributed by atoms with Gasteiger partial charge in [-0.3, -0.25) is 14.3 Å². The molecule has 1 fully saturated rings. The molecule has 7 nitrogen and oxygen atoms in total. The maximum atomic E-state index is 13.4. The second kappa shape index (κ2) is 12.6. The molecule has 1 spiro atoms. The van der Waals surface area contributed by atoms with E-state index in [1.165, 1.54) is 11.1 Å². The summed E-state index contributed by atoms with van der Waals surface area (Å²) in [6.07, 6.45) is 10.4. The van der Waals surface area contributed by atoms with Gasteiger partial charge in [0.1, 0.15) is 22.3 Å². The number of ether oxygens (including phenoxy) is 2. The molecule has 6 rings (SSSR count). The Hall–Kier alpha value is -2.68. The second-order valence-electron chi connectivity index (χ2n) is 13.2. The Kier molecular flexibility index (Phi) is 8.97. The number of anilines is 1. The van der Waals surface area contributed by atoms with E-state index in [0.29, 0.717) is 38.3 Å². The summed E-state index contributed by atoms with van der Waals surface area (Å²) in [7, 11) is -1.58. The monoisotopic (exact) mass is 638 g/mol. The smallest absolute Gasteiger partial charge is 0.263 e. The van der Waals surface area contributed by atoms with Gasteiger partial charge in [-0.2, -0.15) is 0 Å². The van der Waals surface area contributed by atoms with Crippen LogP contribution in [0.1, 0.15) is 74.4 Å². The lowest BCUT2D eigenvalue weighted by atomic mass is 9.64. The van der Waals surface area contributed by atoms with E-state index in [-0.39, 0.29) is 34.3 Å². The number of aldehydes is 1. The van der Waals surface area contributed by atoms with E-state index in [2.05, 4.69) is 21.8 Å². The van der Waals surface area contributed by atoms with Crippen molar-refractivity contribution < 1.29 is 23.3 Å². The number of allylic oxidation sites excluding steroid dienone is 1. The van der Waals surface area contributed by atoms with E-state index in [4.69, 9.17) is 21.1 Å². The minimum atomic E-state index is -1.58. The number of fused-ring (bicyclic) bond motifs is 4. The molecule has 9 heteroatoms. The van der Waals surface area contributed by atoms with E-state index >= 15 is 0 Å². The predicted octanol–water partition coefficient (Wildman–Crippen LogP) is 6.19. The van der Waals surface area contributed by atoms with Crippen LogP contribution in [-0.4, -0.2) is 53.6 Å². The Morgan fingerprint density at radius 2 is 2.05 bits per heavy atom. The first-order valence-corrected chi connectivity index (χ1v) is 17.6. The number of nitrogens with one attached hydrogen (secondary N) is 1. The van der Waals surface area contributed by atoms with E-state index in [1.807, 2.05) is 51.1 Å². The van der Waals surface area contributed by atoms with Crippen LogP contribution in [0.2, 0.25) is 5.02 Å². The van der Waals surface area contributed by atoms with Gasteiger partial charge in [-0.1, -0.05) is 30.7 Å². The number of halogens is 1. The van der Waals surface area contributed by atoms with Gasteiger partial charge in [0.15, 0.2) is 6.29 Å². The fraction of sp³-hybridized carbons (Fsp3) is 0.543. The topological polar surface area (TPSA) is 84.9 Å². The van der Waals surface area contributed by atoms with Crippen molar-refractivity contribution in [1.29, 1.82) is 0 Å². The standard InChI is InChI=1S/C35H43ClN2O5S/c1-4-43-35(21-39)16-5-7-23(2)24(3)44(41)37-33(40)26-10-14-32-31(18-26)38(19-27-9-12-30(27)35)20-34(22-42-32)15-6-8-25-17-28(36)11-13-29(25)34/h5,10-11,13-14,16-18,21,23-24,27,30H,4,6-9,12,15,19-20,22H2,1-3H3,(H,37,40)/b16-5+/t23?,24?,27?,30?,34-,35?,44?/m0/s1. The Morgan fingerprint density at radius 1 is 1.20 bits per heavy atom. The SMILES string of the molecule is CCOC1(C=O)/C=C/CC(C)C(C)S(=O)NC(=O)c2ccc3c(c2)N(CC2CCC21)C[C@@]1(CCCc2cc(Cl)ccc21)CO3. The highest BCUT2D eigenvalue weighted by Crippen LogP contribution is 2.48. The number of hydrogen-bond donors (Lipinski definition) is 1. The van der Waals surface area contributed by atoms with Crippen molar-refractivity contribution in [3.8, 4) is 5.75 Å². The average molecular weight is 639 g/mol. The number of carbonyl (C=O) groups is 2. The van der Waals surface area contributed by atoms with Crippen molar-refractivity contribution in [3.63, 3.8) is 0 Å². The number of nitrogens with zero attached hydrogens (tertiary/aromatic N) is 1. The van der Waals surface area contributed by atoms with Gasteiger partial charge in [0.25, 0.3) is 5.91 Å². The van der Waals surface area contributed by atoms with Gasteiger partial charge < -0.3 is 14.4 Å². The largest absolute Gasteiger partial charge is 0.490 e. The molecule has 2 heterocycles. The molecule has 2 bridgehead atoms. The highest BCUT2D eigenvalue weighted by molar-refractivity contribution is 7.84. The first kappa shape index (κ1) is 31.3. The molecule has 4 aliphatic rings. The first-order valence-electron chi connectivity index (χ1n) is 16.0. The lowest BCUT2D eigenvalue weighted by Gasteiger charge is -2.49. The van der Waals surface area contributed by atoms with Crippen molar-refractivity contribution in [1.82, 2.24) is 4.72 Å². The third-order valence-corrected chi connectivity index (χ3v) is 12.3. The Bertz CT molecular complexity index is 1480. The summed E-state index contributed by atoms with van der Waals surface area (Å²) in [5.74, 6) is 0.623. The number of carbonyl (C=O) groups excluding carboxylic acids is 2. The maximum Gasteiger partial charge on any atom is 0.263 e. The minimum absolute atomic E-state index is 0.0174. The third-order valence-electron chi connectivity index (χ3n) is 10.5. The van der Waals surface area contributed by atoms with Gasteiger partial charge in [-0.15, -0.1) is 0 Å². The highest BCUT2D eigenvalue weighted by atomic mass is 35.5. The molecule has 1 N–H and O–H groups in total. The quantitative estimate of drug-likeness (QED) is 0.319. The van der Waals surface area contributed by atoms with Crippen molar-refractivity contribution >= 4 is 40.5 Å². The van der Waals surface area contributed by atoms with E-state index < -0.39 is 16.6 Å². The third kappa shape index (κ3) is 5.74. The molecular formula is C35H43ClN2O5S. The molecule has 2 aromatic carbocycles. The summed E-state index contributed by atoms with van der Waals surface area (Å²) in [5, 5.41) is 0.456. The molecule has 0 radical (unpaired) electrons. The van der Waals surface area contributed by atoms with Crippen LogP contribution in [0.15, 0.2) is 48.6 Å². The number of amides is 1. The first-order chi connectivity index (χ1) is 21.2. The molecule has 2 aliphatic heterocycles. The van der Waals surface area contributed by atoms with Gasteiger partial charge in [0.05, 0.1) is 17.5 Å². The number of aryl methyl sites for hydroxylation is 1. The van der Waals surface area contributed by atoms with Crippen molar-refractivity contribution in [3.05, 3.63) is 70.3 Å². The molecule has 2 aromatic rings. The molecule has 236 valence electrons. The van der Waals surface area contributed by atoms with E-state index in [1.54, 1.807) is 6.07 Å². The number of rotatable bonds is 3. The molecule has 7 atom stereocenters. The fourth-order valence-corrected chi connectivity index (χ4v) is 8.94. The molecule has 1 saturated carbocycles. The van der Waals surface area contributed by atoms with E-state index in [0.717, 1.165) is 54.8 Å². The van der Waals surface area contributed by atoms with E-state index in [9.17, 15) is 13.8 Å². The second-order valence-corrected chi connectivity index (χ2v) is 15.2. The minimum Gasteiger partial charge on any atom is -0.490 e. The van der Waals surface area contributed by atoms with Gasteiger partial charge in [0, 0.05) is 41.6 Å². The summed E-state index contributed by atoms with van der Waals surface area (Å²) >= 11 is 6.42. The zero-order valence-electron chi connectivity index (χ0n) is 25.9. The van der Waals surface area contributed by atoms with Crippen LogP contribution in [0.5, 0.6) is 5.75 Å². The van der Waals surface area contributed by atoms with Crippen molar-refractivity contribution in [2.24, 2.45) is 17.8 Å². The molecule has 6 unspecified atom stereocenters. The summed E-state index contributed by atoms with van der Waals surface area (Å²) in [5.41, 5.74) is 2.57. The molecule has 1 amide bonds. The fourth-order valence-electron chi connectivity index (χ4n) is 7.72. The number of hydrogen-bond acceptors (Lipinski definition) is 6. The zero-order chi connectivity index (χ0) is 31.1. The average Bonchev–Trinajstić information content (AvgIpc) is 3.15. The highest BCUT2D eigenvalue weighted by Gasteiger charge is 2.49. The maximum absolute atomic E-state index is 13.4. The Morgan fingerprint density at radius 3 is 2.80 bits per heavy atom. The van der Waals surface area contributed by atoms with Crippen LogP contribution < -0.4 is 14.4 Å². The molecule has 0 aromatic heterocycles. The molecule has 2 aliphatic carbocycles. The Balaban J connectivity index is 1.45. The van der Waals surface area contributed by atoms with Crippen LogP contribution in [0.3, 0.4) is 0 Å². The van der Waals surface area contributed by atoms with Crippen LogP contribution >= 0.6 is 11.6 Å². The van der Waals surface area contributed by atoms with Gasteiger partial charge in [-0.05, 0) is 112 Å². The van der Waals surface area contributed by atoms with Gasteiger partial charge >= 0.3 is 0 Å². The van der Waals surface area contributed by atoms with Gasteiger partial charge in [0.2, 0.25) is 0 Å². The summed E-state index contributed by atoms with van der Waals surface area (Å²) in [6, 6.07) is 11.7. The summed E-state index contributed by atoms with van der Waals surface area (Å²) in [4.78, 5) is 28.6. The molecule has 44 heavy (non-hydrogen) atoms. The number of benzene rings is 2. The summed E-state index contributed by atoms with van der Waals surface area (Å²) in [6.45, 7) is 8.20.